The summed E-state index contributed by atoms with van der Waals surface area (Å²) in [5.74, 6) is -0.451. The number of rotatable bonds is 4. The summed E-state index contributed by atoms with van der Waals surface area (Å²) in [6, 6.07) is 4.13. The molecule has 2 N–H and O–H groups in total. The average molecular weight is 316 g/mol. The number of nitrogens with two attached hydrogens (primary N) is 1. The van der Waals surface area contributed by atoms with Gasteiger partial charge in [-0.15, -0.1) is 0 Å². The predicted molar refractivity (Wildman–Crippen MR) is 78.6 cm³/mol. The summed E-state index contributed by atoms with van der Waals surface area (Å²) in [5.41, 5.74) is 7.11. The van der Waals surface area contributed by atoms with E-state index >= 15 is 0 Å². The van der Waals surface area contributed by atoms with Gasteiger partial charge < -0.3 is 5.73 Å². The molecular weight excluding hydrogens is 301 g/mol. The Bertz CT molecular complexity index is 672. The van der Waals surface area contributed by atoms with E-state index in [1.807, 2.05) is 6.92 Å². The van der Waals surface area contributed by atoms with Crippen LogP contribution in [0, 0.1) is 12.7 Å². The summed E-state index contributed by atoms with van der Waals surface area (Å²) in [7, 11) is -1.54. The number of hydrogen-bond acceptors (Lipinski definition) is 3. The summed E-state index contributed by atoms with van der Waals surface area (Å²) in [6.45, 7) is 4.31. The fourth-order valence-electron chi connectivity index (χ4n) is 1.91. The topological polar surface area (TPSA) is 60.9 Å². The molecular formula is C13H15ClFN3OS. The molecule has 0 aliphatic rings. The number of anilines is 1. The van der Waals surface area contributed by atoms with Crippen molar-refractivity contribution in [3.8, 4) is 0 Å². The first-order chi connectivity index (χ1) is 9.43. The normalized spacial score (nSPS) is 12.6. The Hall–Kier alpha value is -1.40. The molecule has 7 heteroatoms. The van der Waals surface area contributed by atoms with Gasteiger partial charge in [-0.05, 0) is 32.0 Å². The van der Waals surface area contributed by atoms with Crippen LogP contribution < -0.4 is 5.73 Å². The number of hydrogen-bond donors (Lipinski definition) is 1. The van der Waals surface area contributed by atoms with Crippen LogP contribution in [0.15, 0.2) is 23.1 Å². The van der Waals surface area contributed by atoms with Gasteiger partial charge in [0.25, 0.3) is 0 Å². The van der Waals surface area contributed by atoms with Crippen LogP contribution in [0.25, 0.3) is 0 Å². The van der Waals surface area contributed by atoms with Gasteiger partial charge in [-0.25, -0.2) is 4.39 Å². The molecule has 0 fully saturated rings. The van der Waals surface area contributed by atoms with Crippen molar-refractivity contribution < 1.29 is 8.60 Å². The lowest BCUT2D eigenvalue weighted by Crippen LogP contribution is -2.07. The molecule has 0 saturated carbocycles. The third kappa shape index (κ3) is 2.86. The van der Waals surface area contributed by atoms with Crippen molar-refractivity contribution in [2.45, 2.75) is 31.0 Å². The summed E-state index contributed by atoms with van der Waals surface area (Å²) in [4.78, 5) is 0.122. The molecule has 0 aliphatic heterocycles. The molecule has 0 radical (unpaired) electrons. The van der Waals surface area contributed by atoms with E-state index in [9.17, 15) is 8.60 Å². The molecule has 0 bridgehead atoms. The van der Waals surface area contributed by atoms with Crippen LogP contribution in [0.4, 0.5) is 10.1 Å². The Morgan fingerprint density at radius 2 is 2.20 bits per heavy atom. The van der Waals surface area contributed by atoms with Crippen LogP contribution in [0.3, 0.4) is 0 Å². The zero-order chi connectivity index (χ0) is 14.9. The van der Waals surface area contributed by atoms with Crippen LogP contribution >= 0.6 is 11.6 Å². The molecule has 1 atom stereocenters. The molecule has 108 valence electrons. The molecule has 1 aromatic carbocycles. The monoisotopic (exact) mass is 315 g/mol. The average Bonchev–Trinajstić information content (AvgIpc) is 2.66. The van der Waals surface area contributed by atoms with Gasteiger partial charge in [0, 0.05) is 12.2 Å². The maximum absolute atomic E-state index is 13.8. The molecule has 1 unspecified atom stereocenters. The SMILES string of the molecule is CCn1nc(C)c(Cl)c1CS(=O)c1ccc(N)cc1F. The van der Waals surface area contributed by atoms with E-state index in [-0.39, 0.29) is 10.6 Å². The van der Waals surface area contributed by atoms with Gasteiger partial charge in [-0.2, -0.15) is 5.10 Å². The smallest absolute Gasteiger partial charge is 0.141 e. The van der Waals surface area contributed by atoms with E-state index in [2.05, 4.69) is 5.10 Å². The van der Waals surface area contributed by atoms with Gasteiger partial charge >= 0.3 is 0 Å². The van der Waals surface area contributed by atoms with E-state index in [4.69, 9.17) is 17.3 Å². The first kappa shape index (κ1) is 15.0. The van der Waals surface area contributed by atoms with Crippen LogP contribution in [0.2, 0.25) is 5.02 Å². The van der Waals surface area contributed by atoms with Gasteiger partial charge in [-0.3, -0.25) is 8.89 Å². The number of nitrogen functional groups attached to an aromatic ring is 1. The van der Waals surface area contributed by atoms with Crippen molar-refractivity contribution in [2.24, 2.45) is 0 Å². The van der Waals surface area contributed by atoms with Crippen molar-refractivity contribution in [2.75, 3.05) is 5.73 Å². The highest BCUT2D eigenvalue weighted by atomic mass is 35.5. The molecule has 1 heterocycles. The second-order valence-electron chi connectivity index (χ2n) is 4.34. The Kier molecular flexibility index (Phi) is 4.45. The first-order valence-electron chi connectivity index (χ1n) is 6.09. The molecule has 2 rings (SSSR count). The zero-order valence-electron chi connectivity index (χ0n) is 11.2. The molecule has 20 heavy (non-hydrogen) atoms. The van der Waals surface area contributed by atoms with Crippen molar-refractivity contribution >= 4 is 28.1 Å². The third-order valence-corrected chi connectivity index (χ3v) is 4.77. The highest BCUT2D eigenvalue weighted by Crippen LogP contribution is 2.25. The minimum atomic E-state index is -1.54. The van der Waals surface area contributed by atoms with Crippen LogP contribution in [0.1, 0.15) is 18.3 Å². The fraction of sp³-hybridized carbons (Fsp3) is 0.308. The van der Waals surface area contributed by atoms with Crippen LogP contribution in [-0.4, -0.2) is 14.0 Å². The highest BCUT2D eigenvalue weighted by molar-refractivity contribution is 7.84. The maximum Gasteiger partial charge on any atom is 0.141 e. The minimum absolute atomic E-state index is 0.119. The van der Waals surface area contributed by atoms with E-state index < -0.39 is 16.6 Å². The second kappa shape index (κ2) is 5.93. The first-order valence-corrected chi connectivity index (χ1v) is 7.79. The van der Waals surface area contributed by atoms with Crippen molar-refractivity contribution in [1.29, 1.82) is 0 Å². The maximum atomic E-state index is 13.8. The van der Waals surface area contributed by atoms with Crippen molar-refractivity contribution in [3.05, 3.63) is 40.4 Å². The summed E-state index contributed by atoms with van der Waals surface area (Å²) >= 11 is 6.16. The van der Waals surface area contributed by atoms with Gasteiger partial charge in [0.05, 0.1) is 37.9 Å². The van der Waals surface area contributed by atoms with E-state index in [1.165, 1.54) is 12.1 Å². The Morgan fingerprint density at radius 1 is 1.50 bits per heavy atom. The number of halogens is 2. The summed E-state index contributed by atoms with van der Waals surface area (Å²) < 4.78 is 27.8. The molecule has 2 aromatic rings. The molecule has 4 nitrogen and oxygen atoms in total. The summed E-state index contributed by atoms with van der Waals surface area (Å²) in [6.07, 6.45) is 0. The molecule has 0 spiro atoms. The van der Waals surface area contributed by atoms with Crippen LogP contribution in [-0.2, 0) is 23.1 Å². The molecule has 0 aliphatic carbocycles. The standard InChI is InChI=1S/C13H15ClFN3OS/c1-3-18-11(13(14)8(2)17-18)7-20(19)12-5-4-9(16)6-10(12)15/h4-6H,3,7,16H2,1-2H3. The third-order valence-electron chi connectivity index (χ3n) is 2.92. The van der Waals surface area contributed by atoms with Crippen molar-refractivity contribution in [3.63, 3.8) is 0 Å². The number of aromatic nitrogens is 2. The largest absolute Gasteiger partial charge is 0.399 e. The van der Waals surface area contributed by atoms with Gasteiger partial charge in [0.2, 0.25) is 0 Å². The Balaban J connectivity index is 2.32. The molecule has 0 amide bonds. The highest BCUT2D eigenvalue weighted by Gasteiger charge is 2.18. The minimum Gasteiger partial charge on any atom is -0.399 e. The van der Waals surface area contributed by atoms with Gasteiger partial charge in [-0.1, -0.05) is 11.6 Å². The van der Waals surface area contributed by atoms with E-state index in [1.54, 1.807) is 11.6 Å². The zero-order valence-corrected chi connectivity index (χ0v) is 12.8. The number of aryl methyl sites for hydroxylation is 2. The lowest BCUT2D eigenvalue weighted by atomic mass is 10.3. The van der Waals surface area contributed by atoms with Crippen molar-refractivity contribution in [1.82, 2.24) is 9.78 Å². The number of benzene rings is 1. The quantitative estimate of drug-likeness (QED) is 0.882. The number of nitrogens with zero attached hydrogens (tertiary/aromatic N) is 2. The van der Waals surface area contributed by atoms with Gasteiger partial charge in [0.1, 0.15) is 5.82 Å². The summed E-state index contributed by atoms with van der Waals surface area (Å²) in [5, 5.41) is 4.73. The van der Waals surface area contributed by atoms with E-state index in [0.717, 1.165) is 6.07 Å². The van der Waals surface area contributed by atoms with Gasteiger partial charge in [0.15, 0.2) is 0 Å². The fourth-order valence-corrected chi connectivity index (χ4v) is 3.39. The molecule has 0 saturated heterocycles. The Labute approximate surface area is 124 Å². The lowest BCUT2D eigenvalue weighted by molar-refractivity contribution is 0.594. The predicted octanol–water partition coefficient (Wildman–Crippen LogP) is 2.89. The Morgan fingerprint density at radius 3 is 2.80 bits per heavy atom. The van der Waals surface area contributed by atoms with Crippen LogP contribution in [0.5, 0.6) is 0 Å². The lowest BCUT2D eigenvalue weighted by Gasteiger charge is -2.07. The van der Waals surface area contributed by atoms with E-state index in [0.29, 0.717) is 28.6 Å². The second-order valence-corrected chi connectivity index (χ2v) is 6.14. The molecule has 1 aromatic heterocycles.